The second-order valence-electron chi connectivity index (χ2n) is 5.24. The Kier molecular flexibility index (Phi) is 4.62. The van der Waals surface area contributed by atoms with Gasteiger partial charge in [0.05, 0.1) is 16.3 Å². The van der Waals surface area contributed by atoms with Gasteiger partial charge < -0.3 is 4.74 Å². The molecule has 0 amide bonds. The lowest BCUT2D eigenvalue weighted by atomic mass is 10.1. The summed E-state index contributed by atoms with van der Waals surface area (Å²) in [5.74, 6) is 1.26. The van der Waals surface area contributed by atoms with Gasteiger partial charge in [-0.05, 0) is 48.0 Å². The minimum absolute atomic E-state index is 0.00323. The highest BCUT2D eigenvalue weighted by Crippen LogP contribution is 2.33. The van der Waals surface area contributed by atoms with E-state index in [9.17, 15) is 0 Å². The third-order valence-electron chi connectivity index (χ3n) is 3.02. The van der Waals surface area contributed by atoms with E-state index in [0.29, 0.717) is 11.1 Å². The van der Waals surface area contributed by atoms with Crippen LogP contribution in [0.2, 0.25) is 5.15 Å². The van der Waals surface area contributed by atoms with E-state index in [-0.39, 0.29) is 12.2 Å². The molecule has 2 atom stereocenters. The predicted molar refractivity (Wildman–Crippen MR) is 75.8 cm³/mol. The SMILES string of the molecule is CC(C)Cc1nc(C2CCC(C)O2)nc(Cl)c1Br. The number of hydrogen-bond donors (Lipinski definition) is 0. The first-order valence-corrected chi connectivity index (χ1v) is 7.51. The number of hydrogen-bond acceptors (Lipinski definition) is 3. The van der Waals surface area contributed by atoms with Crippen LogP contribution in [0.5, 0.6) is 0 Å². The first-order valence-electron chi connectivity index (χ1n) is 6.34. The molecule has 0 N–H and O–H groups in total. The van der Waals surface area contributed by atoms with Crippen molar-refractivity contribution >= 4 is 27.5 Å². The van der Waals surface area contributed by atoms with Crippen molar-refractivity contribution in [2.24, 2.45) is 5.92 Å². The second-order valence-corrected chi connectivity index (χ2v) is 6.39. The third kappa shape index (κ3) is 3.22. The van der Waals surface area contributed by atoms with E-state index < -0.39 is 0 Å². The summed E-state index contributed by atoms with van der Waals surface area (Å²) in [6.07, 6.45) is 3.20. The molecule has 3 nitrogen and oxygen atoms in total. The van der Waals surface area contributed by atoms with Gasteiger partial charge in [-0.25, -0.2) is 9.97 Å². The van der Waals surface area contributed by atoms with Crippen molar-refractivity contribution in [3.8, 4) is 0 Å². The zero-order valence-electron chi connectivity index (χ0n) is 10.9. The summed E-state index contributed by atoms with van der Waals surface area (Å²) in [5, 5.41) is 0.485. The van der Waals surface area contributed by atoms with Crippen molar-refractivity contribution in [1.29, 1.82) is 0 Å². The van der Waals surface area contributed by atoms with E-state index in [4.69, 9.17) is 16.3 Å². The summed E-state index contributed by atoms with van der Waals surface area (Å²) in [6.45, 7) is 6.40. The zero-order chi connectivity index (χ0) is 13.3. The molecule has 0 spiro atoms. The van der Waals surface area contributed by atoms with E-state index in [1.165, 1.54) is 0 Å². The van der Waals surface area contributed by atoms with Crippen LogP contribution in [0.3, 0.4) is 0 Å². The Morgan fingerprint density at radius 1 is 1.39 bits per heavy atom. The van der Waals surface area contributed by atoms with Crippen LogP contribution >= 0.6 is 27.5 Å². The topological polar surface area (TPSA) is 35.0 Å². The summed E-state index contributed by atoms with van der Waals surface area (Å²) >= 11 is 9.63. The van der Waals surface area contributed by atoms with Gasteiger partial charge in [-0.3, -0.25) is 0 Å². The maximum Gasteiger partial charge on any atom is 0.159 e. The van der Waals surface area contributed by atoms with Crippen molar-refractivity contribution in [2.75, 3.05) is 0 Å². The molecule has 1 fully saturated rings. The van der Waals surface area contributed by atoms with Gasteiger partial charge >= 0.3 is 0 Å². The van der Waals surface area contributed by atoms with Crippen LogP contribution in [0.1, 0.15) is 51.2 Å². The van der Waals surface area contributed by atoms with Gasteiger partial charge in [-0.15, -0.1) is 0 Å². The Balaban J connectivity index is 2.29. The fourth-order valence-corrected chi connectivity index (χ4v) is 2.67. The summed E-state index contributed by atoms with van der Waals surface area (Å²) in [7, 11) is 0. The monoisotopic (exact) mass is 332 g/mol. The van der Waals surface area contributed by atoms with E-state index in [1.807, 2.05) is 0 Å². The first-order chi connectivity index (χ1) is 8.47. The summed E-state index contributed by atoms with van der Waals surface area (Å²) < 4.78 is 6.62. The number of ether oxygens (including phenoxy) is 1. The quantitative estimate of drug-likeness (QED) is 0.772. The van der Waals surface area contributed by atoms with Crippen LogP contribution < -0.4 is 0 Å². The first kappa shape index (κ1) is 14.2. The van der Waals surface area contributed by atoms with Gasteiger partial charge in [0.1, 0.15) is 11.3 Å². The molecule has 1 aromatic rings. The standard InChI is InChI=1S/C13H18BrClN2O/c1-7(2)6-9-11(14)12(15)17-13(16-9)10-5-4-8(3)18-10/h7-8,10H,4-6H2,1-3H3. The lowest BCUT2D eigenvalue weighted by molar-refractivity contribution is 0.0501. The molecule has 0 bridgehead atoms. The molecule has 5 heteroatoms. The molecule has 2 heterocycles. The average Bonchev–Trinajstić information content (AvgIpc) is 2.70. The molecule has 18 heavy (non-hydrogen) atoms. The van der Waals surface area contributed by atoms with Gasteiger partial charge in [-0.2, -0.15) is 0 Å². The second kappa shape index (κ2) is 5.85. The van der Waals surface area contributed by atoms with E-state index in [1.54, 1.807) is 0 Å². The Morgan fingerprint density at radius 3 is 2.67 bits per heavy atom. The van der Waals surface area contributed by atoms with E-state index in [0.717, 1.165) is 35.3 Å². The van der Waals surface area contributed by atoms with Crippen LogP contribution in [0.4, 0.5) is 0 Å². The largest absolute Gasteiger partial charge is 0.367 e. The number of aromatic nitrogens is 2. The molecule has 100 valence electrons. The van der Waals surface area contributed by atoms with Crippen molar-refractivity contribution < 1.29 is 4.74 Å². The van der Waals surface area contributed by atoms with Gasteiger partial charge in [0, 0.05) is 0 Å². The lowest BCUT2D eigenvalue weighted by Crippen LogP contribution is -2.09. The molecule has 0 saturated carbocycles. The molecule has 2 unspecified atom stereocenters. The van der Waals surface area contributed by atoms with Gasteiger partial charge in [0.25, 0.3) is 0 Å². The Morgan fingerprint density at radius 2 is 2.11 bits per heavy atom. The van der Waals surface area contributed by atoms with Crippen molar-refractivity contribution in [3.63, 3.8) is 0 Å². The molecule has 0 aliphatic carbocycles. The van der Waals surface area contributed by atoms with Gasteiger partial charge in [0.15, 0.2) is 5.82 Å². The fraction of sp³-hybridized carbons (Fsp3) is 0.692. The highest BCUT2D eigenvalue weighted by molar-refractivity contribution is 9.10. The van der Waals surface area contributed by atoms with Crippen LogP contribution in [0.15, 0.2) is 4.47 Å². The molecule has 0 aromatic carbocycles. The predicted octanol–water partition coefficient (Wildman–Crippen LogP) is 4.33. The molecule has 1 aromatic heterocycles. The molecule has 1 saturated heterocycles. The zero-order valence-corrected chi connectivity index (χ0v) is 13.3. The molecular weight excluding hydrogens is 316 g/mol. The highest BCUT2D eigenvalue weighted by Gasteiger charge is 2.27. The van der Waals surface area contributed by atoms with Gasteiger partial charge in [0.2, 0.25) is 0 Å². The minimum Gasteiger partial charge on any atom is -0.367 e. The Bertz CT molecular complexity index is 439. The van der Waals surface area contributed by atoms with Crippen LogP contribution in [0.25, 0.3) is 0 Å². The number of rotatable bonds is 3. The minimum atomic E-state index is -0.00323. The van der Waals surface area contributed by atoms with Gasteiger partial charge in [-0.1, -0.05) is 25.4 Å². The highest BCUT2D eigenvalue weighted by atomic mass is 79.9. The summed E-state index contributed by atoms with van der Waals surface area (Å²) in [5.41, 5.74) is 0.975. The lowest BCUT2D eigenvalue weighted by Gasteiger charge is -2.14. The van der Waals surface area contributed by atoms with Crippen LogP contribution in [-0.2, 0) is 11.2 Å². The number of nitrogens with zero attached hydrogens (tertiary/aromatic N) is 2. The average molecular weight is 334 g/mol. The molecule has 1 aliphatic heterocycles. The fourth-order valence-electron chi connectivity index (χ4n) is 2.14. The smallest absolute Gasteiger partial charge is 0.159 e. The molecule has 1 aliphatic rings. The summed E-state index contributed by atoms with van der Waals surface area (Å²) in [4.78, 5) is 8.96. The normalized spacial score (nSPS) is 23.9. The number of halogens is 2. The van der Waals surface area contributed by atoms with Crippen molar-refractivity contribution in [3.05, 3.63) is 21.1 Å². The molecule has 0 radical (unpaired) electrons. The van der Waals surface area contributed by atoms with E-state index >= 15 is 0 Å². The van der Waals surface area contributed by atoms with Crippen molar-refractivity contribution in [1.82, 2.24) is 9.97 Å². The van der Waals surface area contributed by atoms with Crippen molar-refractivity contribution in [2.45, 2.75) is 52.2 Å². The third-order valence-corrected chi connectivity index (χ3v) is 4.35. The molecule has 2 rings (SSSR count). The maximum atomic E-state index is 6.16. The van der Waals surface area contributed by atoms with Crippen LogP contribution in [0, 0.1) is 5.92 Å². The maximum absolute atomic E-state index is 6.16. The Labute approximate surface area is 121 Å². The molecular formula is C13H18BrClN2O. The summed E-state index contributed by atoms with van der Waals surface area (Å²) in [6, 6.07) is 0. The van der Waals surface area contributed by atoms with E-state index in [2.05, 4.69) is 46.7 Å². The Hall–Kier alpha value is -0.190. The van der Waals surface area contributed by atoms with Crippen LogP contribution in [-0.4, -0.2) is 16.1 Å².